The molecule has 1 rings (SSSR count). The number of carbonyl (C=O) groups is 1. The lowest BCUT2D eigenvalue weighted by atomic mass is 10.1. The summed E-state index contributed by atoms with van der Waals surface area (Å²) in [6.07, 6.45) is 1.78. The molecule has 0 aliphatic rings. The summed E-state index contributed by atoms with van der Waals surface area (Å²) in [6.45, 7) is 7.42. The number of carbonyl (C=O) groups excluding carboxylic acids is 1. The van der Waals surface area contributed by atoms with Crippen molar-refractivity contribution in [3.05, 3.63) is 29.3 Å². The Labute approximate surface area is 127 Å². The first-order valence-electron chi connectivity index (χ1n) is 6.98. The zero-order valence-corrected chi connectivity index (χ0v) is 14.1. The van der Waals surface area contributed by atoms with Gasteiger partial charge in [0.15, 0.2) is 0 Å². The average Bonchev–Trinajstić information content (AvgIpc) is 2.32. The van der Waals surface area contributed by atoms with Gasteiger partial charge in [-0.3, -0.25) is 4.79 Å². The summed E-state index contributed by atoms with van der Waals surface area (Å²) >= 11 is 0. The van der Waals surface area contributed by atoms with Crippen molar-refractivity contribution in [1.29, 1.82) is 0 Å². The summed E-state index contributed by atoms with van der Waals surface area (Å²) in [6, 6.07) is 5.53. The van der Waals surface area contributed by atoms with Gasteiger partial charge in [0.05, 0.1) is 12.8 Å². The number of rotatable bonds is 6. The van der Waals surface area contributed by atoms with Crippen molar-refractivity contribution in [2.24, 2.45) is 0 Å². The molecule has 1 unspecified atom stereocenters. The molecule has 21 heavy (non-hydrogen) atoms. The third-order valence-electron chi connectivity index (χ3n) is 3.31. The lowest BCUT2D eigenvalue weighted by Crippen LogP contribution is -2.42. The van der Waals surface area contributed by atoms with Gasteiger partial charge in [-0.05, 0) is 50.5 Å². The maximum Gasteiger partial charge on any atom is 0.239 e. The normalized spacial score (nSPS) is 13.2. The van der Waals surface area contributed by atoms with Crippen LogP contribution in [0.1, 0.15) is 31.4 Å². The van der Waals surface area contributed by atoms with Crippen LogP contribution in [0.2, 0.25) is 0 Å². The smallest absolute Gasteiger partial charge is 0.239 e. The topological polar surface area (TPSA) is 66.5 Å². The molecule has 1 atom stereocenters. The molecule has 6 heteroatoms. The van der Waals surface area contributed by atoms with Gasteiger partial charge < -0.3 is 5.32 Å². The molecular formula is C15H24N2O3S. The second kappa shape index (κ2) is 7.04. The van der Waals surface area contributed by atoms with Crippen LogP contribution in [0, 0.1) is 13.8 Å². The number of sulfonamides is 1. The highest BCUT2D eigenvalue weighted by molar-refractivity contribution is 7.88. The van der Waals surface area contributed by atoms with Gasteiger partial charge >= 0.3 is 0 Å². The molecule has 0 bridgehead atoms. The van der Waals surface area contributed by atoms with E-state index in [1.165, 1.54) is 4.31 Å². The summed E-state index contributed by atoms with van der Waals surface area (Å²) in [4.78, 5) is 12.1. The van der Waals surface area contributed by atoms with Crippen LogP contribution in [-0.4, -0.2) is 37.5 Å². The Morgan fingerprint density at radius 2 is 1.76 bits per heavy atom. The fourth-order valence-electron chi connectivity index (χ4n) is 2.19. The number of hydrogen-bond donors (Lipinski definition) is 1. The molecule has 0 radical (unpaired) electrons. The van der Waals surface area contributed by atoms with E-state index in [1.54, 1.807) is 6.92 Å². The van der Waals surface area contributed by atoms with Crippen molar-refractivity contribution in [2.75, 3.05) is 18.1 Å². The second-order valence-corrected chi connectivity index (χ2v) is 7.43. The third kappa shape index (κ3) is 5.47. The molecule has 0 saturated carbocycles. The van der Waals surface area contributed by atoms with Crippen LogP contribution in [0.5, 0.6) is 0 Å². The summed E-state index contributed by atoms with van der Waals surface area (Å²) < 4.78 is 24.8. The van der Waals surface area contributed by atoms with Crippen LogP contribution in [0.3, 0.4) is 0 Å². The van der Waals surface area contributed by atoms with Gasteiger partial charge in [0, 0.05) is 11.7 Å². The van der Waals surface area contributed by atoms with E-state index in [0.29, 0.717) is 12.1 Å². The van der Waals surface area contributed by atoms with Crippen molar-refractivity contribution in [1.82, 2.24) is 4.31 Å². The van der Waals surface area contributed by atoms with Crippen molar-refractivity contribution >= 4 is 21.6 Å². The number of anilines is 1. The van der Waals surface area contributed by atoms with Gasteiger partial charge in [-0.2, -0.15) is 4.31 Å². The molecular weight excluding hydrogens is 288 g/mol. The minimum atomic E-state index is -3.41. The van der Waals surface area contributed by atoms with Crippen LogP contribution in [-0.2, 0) is 14.8 Å². The summed E-state index contributed by atoms with van der Waals surface area (Å²) in [7, 11) is -3.41. The van der Waals surface area contributed by atoms with E-state index in [4.69, 9.17) is 0 Å². The molecule has 0 spiro atoms. The average molecular weight is 312 g/mol. The molecule has 1 amide bonds. The van der Waals surface area contributed by atoms with Gasteiger partial charge in [-0.1, -0.05) is 13.0 Å². The fourth-order valence-corrected chi connectivity index (χ4v) is 3.35. The predicted molar refractivity (Wildman–Crippen MR) is 85.8 cm³/mol. The van der Waals surface area contributed by atoms with E-state index >= 15 is 0 Å². The highest BCUT2D eigenvalue weighted by Gasteiger charge is 2.24. The standard InChI is InChI=1S/C15H24N2O3S/c1-6-13(4)17(21(5,19)20)10-15(18)16-14-8-11(2)7-12(3)9-14/h7-9,13H,6,10H2,1-5H3,(H,16,18). The van der Waals surface area contributed by atoms with Crippen molar-refractivity contribution in [3.8, 4) is 0 Å². The first-order chi connectivity index (χ1) is 9.63. The summed E-state index contributed by atoms with van der Waals surface area (Å²) in [5.74, 6) is -0.328. The minimum Gasteiger partial charge on any atom is -0.325 e. The molecule has 1 aromatic carbocycles. The quantitative estimate of drug-likeness (QED) is 0.876. The summed E-state index contributed by atoms with van der Waals surface area (Å²) in [5.41, 5.74) is 2.79. The molecule has 0 aromatic heterocycles. The van der Waals surface area contributed by atoms with E-state index in [-0.39, 0.29) is 18.5 Å². The molecule has 0 aliphatic carbocycles. The zero-order valence-electron chi connectivity index (χ0n) is 13.3. The Hall–Kier alpha value is -1.40. The van der Waals surface area contributed by atoms with E-state index < -0.39 is 10.0 Å². The minimum absolute atomic E-state index is 0.166. The Morgan fingerprint density at radius 1 is 1.24 bits per heavy atom. The molecule has 5 nitrogen and oxygen atoms in total. The van der Waals surface area contributed by atoms with E-state index in [9.17, 15) is 13.2 Å². The van der Waals surface area contributed by atoms with Gasteiger partial charge in [0.2, 0.25) is 15.9 Å². The number of aryl methyl sites for hydroxylation is 2. The van der Waals surface area contributed by atoms with Crippen LogP contribution in [0.25, 0.3) is 0 Å². The molecule has 118 valence electrons. The monoisotopic (exact) mass is 312 g/mol. The highest BCUT2D eigenvalue weighted by Crippen LogP contribution is 2.14. The predicted octanol–water partition coefficient (Wildman–Crippen LogP) is 2.30. The number of amides is 1. The molecule has 0 fully saturated rings. The van der Waals surface area contributed by atoms with E-state index in [0.717, 1.165) is 17.4 Å². The van der Waals surface area contributed by atoms with Crippen LogP contribution in [0.15, 0.2) is 18.2 Å². The highest BCUT2D eigenvalue weighted by atomic mass is 32.2. The van der Waals surface area contributed by atoms with Gasteiger partial charge in [-0.25, -0.2) is 8.42 Å². The van der Waals surface area contributed by atoms with Gasteiger partial charge in [0.1, 0.15) is 0 Å². The SMILES string of the molecule is CCC(C)N(CC(=O)Nc1cc(C)cc(C)c1)S(C)(=O)=O. The van der Waals surface area contributed by atoms with Crippen LogP contribution < -0.4 is 5.32 Å². The third-order valence-corrected chi connectivity index (χ3v) is 4.65. The second-order valence-electron chi connectivity index (χ2n) is 5.49. The lowest BCUT2D eigenvalue weighted by molar-refractivity contribution is -0.116. The summed E-state index contributed by atoms with van der Waals surface area (Å²) in [5, 5.41) is 2.76. The Bertz CT molecular complexity index is 591. The van der Waals surface area contributed by atoms with Crippen molar-refractivity contribution in [3.63, 3.8) is 0 Å². The van der Waals surface area contributed by atoms with Gasteiger partial charge in [-0.15, -0.1) is 0 Å². The number of benzene rings is 1. The Balaban J connectivity index is 2.83. The van der Waals surface area contributed by atoms with Crippen molar-refractivity contribution in [2.45, 2.75) is 40.2 Å². The fraction of sp³-hybridized carbons (Fsp3) is 0.533. The lowest BCUT2D eigenvalue weighted by Gasteiger charge is -2.25. The largest absolute Gasteiger partial charge is 0.325 e. The van der Waals surface area contributed by atoms with Crippen LogP contribution >= 0.6 is 0 Å². The number of nitrogens with one attached hydrogen (secondary N) is 1. The molecule has 1 N–H and O–H groups in total. The van der Waals surface area contributed by atoms with Crippen molar-refractivity contribution < 1.29 is 13.2 Å². The number of nitrogens with zero attached hydrogens (tertiary/aromatic N) is 1. The van der Waals surface area contributed by atoms with E-state index in [1.807, 2.05) is 39.0 Å². The first kappa shape index (κ1) is 17.7. The molecule has 1 aromatic rings. The van der Waals surface area contributed by atoms with Crippen LogP contribution in [0.4, 0.5) is 5.69 Å². The zero-order chi connectivity index (χ0) is 16.2. The molecule has 0 heterocycles. The van der Waals surface area contributed by atoms with Gasteiger partial charge in [0.25, 0.3) is 0 Å². The van der Waals surface area contributed by atoms with E-state index in [2.05, 4.69) is 5.32 Å². The molecule has 0 saturated heterocycles. The maximum atomic E-state index is 12.1. The first-order valence-corrected chi connectivity index (χ1v) is 8.83. The Morgan fingerprint density at radius 3 is 2.19 bits per heavy atom. The maximum absolute atomic E-state index is 12.1. The number of hydrogen-bond acceptors (Lipinski definition) is 3. The Kier molecular flexibility index (Phi) is 5.92. The molecule has 0 aliphatic heterocycles.